The van der Waals surface area contributed by atoms with Gasteiger partial charge in [-0.05, 0) is 32.9 Å². The van der Waals surface area contributed by atoms with E-state index in [0.717, 1.165) is 11.8 Å². The molecule has 0 N–H and O–H groups in total. The first-order valence-electron chi connectivity index (χ1n) is 7.23. The van der Waals surface area contributed by atoms with Crippen molar-refractivity contribution in [1.29, 1.82) is 0 Å². The van der Waals surface area contributed by atoms with Crippen molar-refractivity contribution < 1.29 is 23.4 Å². The van der Waals surface area contributed by atoms with Crippen LogP contribution in [0.1, 0.15) is 20.8 Å². The Kier molecular flexibility index (Phi) is 5.71. The van der Waals surface area contributed by atoms with Gasteiger partial charge in [0.2, 0.25) is 0 Å². The van der Waals surface area contributed by atoms with Crippen molar-refractivity contribution in [3.63, 3.8) is 0 Å². The van der Waals surface area contributed by atoms with E-state index in [9.17, 15) is 4.79 Å². The van der Waals surface area contributed by atoms with E-state index in [-0.39, 0.29) is 16.9 Å². The van der Waals surface area contributed by atoms with Crippen LogP contribution < -0.4 is 9.47 Å². The molecule has 0 saturated carbocycles. The summed E-state index contributed by atoms with van der Waals surface area (Å²) in [4.78, 5) is 11.7. The Morgan fingerprint density at radius 2 is 1.96 bits per heavy atom. The molecule has 7 nitrogen and oxygen atoms in total. The van der Waals surface area contributed by atoms with Crippen molar-refractivity contribution in [1.82, 2.24) is 10.2 Å². The topological polar surface area (TPSA) is 83.7 Å². The maximum Gasteiger partial charge on any atom is 0.316 e. The van der Waals surface area contributed by atoms with Gasteiger partial charge in [0, 0.05) is 6.07 Å². The molecule has 0 fully saturated rings. The quantitative estimate of drug-likeness (QED) is 0.579. The van der Waals surface area contributed by atoms with E-state index >= 15 is 0 Å². The molecule has 0 radical (unpaired) electrons. The van der Waals surface area contributed by atoms with E-state index < -0.39 is 5.60 Å². The highest BCUT2D eigenvalue weighted by Gasteiger charge is 2.19. The molecular formula is C16H20N2O5S. The number of methoxy groups -OCH3 is 2. The Balaban J connectivity index is 2.07. The van der Waals surface area contributed by atoms with Gasteiger partial charge in [0.25, 0.3) is 11.1 Å². The highest BCUT2D eigenvalue weighted by Crippen LogP contribution is 2.33. The lowest BCUT2D eigenvalue weighted by Crippen LogP contribution is -2.24. The molecule has 0 amide bonds. The van der Waals surface area contributed by atoms with Crippen LogP contribution in [0.25, 0.3) is 11.5 Å². The first-order valence-corrected chi connectivity index (χ1v) is 8.21. The Bertz CT molecular complexity index is 709. The van der Waals surface area contributed by atoms with Crippen molar-refractivity contribution in [2.75, 3.05) is 20.0 Å². The van der Waals surface area contributed by atoms with Crippen LogP contribution in [0.3, 0.4) is 0 Å². The molecule has 0 unspecified atom stereocenters. The predicted molar refractivity (Wildman–Crippen MR) is 89.4 cm³/mol. The molecule has 0 spiro atoms. The minimum absolute atomic E-state index is 0.0959. The fourth-order valence-electron chi connectivity index (χ4n) is 1.84. The lowest BCUT2D eigenvalue weighted by Gasteiger charge is -2.18. The second kappa shape index (κ2) is 7.57. The van der Waals surface area contributed by atoms with E-state index in [1.165, 1.54) is 0 Å². The number of nitrogens with zero attached hydrogens (tertiary/aromatic N) is 2. The van der Waals surface area contributed by atoms with Gasteiger partial charge in [0.1, 0.15) is 22.9 Å². The molecule has 1 aromatic heterocycles. The second-order valence-electron chi connectivity index (χ2n) is 5.81. The molecule has 1 heterocycles. The first-order chi connectivity index (χ1) is 11.3. The largest absolute Gasteiger partial charge is 0.497 e. The predicted octanol–water partition coefficient (Wildman–Crippen LogP) is 3.19. The number of hydrogen-bond acceptors (Lipinski definition) is 8. The third kappa shape index (κ3) is 4.89. The average molecular weight is 352 g/mol. The zero-order valence-corrected chi connectivity index (χ0v) is 15.1. The molecule has 0 atom stereocenters. The summed E-state index contributed by atoms with van der Waals surface area (Å²) in [6, 6.07) is 5.27. The molecule has 0 saturated heterocycles. The molecular weight excluding hydrogens is 332 g/mol. The van der Waals surface area contributed by atoms with E-state index in [1.54, 1.807) is 32.4 Å². The van der Waals surface area contributed by atoms with Gasteiger partial charge < -0.3 is 18.6 Å². The molecule has 1 aromatic carbocycles. The van der Waals surface area contributed by atoms with Gasteiger partial charge in [-0.15, -0.1) is 10.2 Å². The third-order valence-electron chi connectivity index (χ3n) is 2.78. The number of ether oxygens (including phenoxy) is 3. The summed E-state index contributed by atoms with van der Waals surface area (Å²) in [7, 11) is 3.12. The molecule has 2 rings (SSSR count). The maximum absolute atomic E-state index is 11.7. The van der Waals surface area contributed by atoms with Crippen molar-refractivity contribution in [3.8, 4) is 23.0 Å². The average Bonchev–Trinajstić information content (AvgIpc) is 2.99. The third-order valence-corrected chi connectivity index (χ3v) is 3.57. The second-order valence-corrected chi connectivity index (χ2v) is 6.74. The number of carbonyl (C=O) groups excluding carboxylic acids is 1. The monoisotopic (exact) mass is 352 g/mol. The summed E-state index contributed by atoms with van der Waals surface area (Å²) in [5.41, 5.74) is 0.128. The van der Waals surface area contributed by atoms with E-state index in [4.69, 9.17) is 18.6 Å². The number of aromatic nitrogens is 2. The molecule has 0 bridgehead atoms. The van der Waals surface area contributed by atoms with Gasteiger partial charge in [0.05, 0.1) is 19.8 Å². The normalized spacial score (nSPS) is 11.2. The standard InChI is InChI=1S/C16H20N2O5S/c1-16(2,3)23-13(19)9-24-15-18-17-14(22-15)11-7-6-10(20-4)8-12(11)21-5/h6-8H,9H2,1-5H3. The first kappa shape index (κ1) is 18.1. The number of carbonyl (C=O) groups is 1. The number of benzene rings is 1. The van der Waals surface area contributed by atoms with E-state index in [2.05, 4.69) is 10.2 Å². The number of thioether (sulfide) groups is 1. The van der Waals surface area contributed by atoms with Gasteiger partial charge in [-0.1, -0.05) is 11.8 Å². The highest BCUT2D eigenvalue weighted by molar-refractivity contribution is 7.99. The summed E-state index contributed by atoms with van der Waals surface area (Å²) in [6.45, 7) is 5.45. The number of hydrogen-bond donors (Lipinski definition) is 0. The molecule has 0 aliphatic carbocycles. The van der Waals surface area contributed by atoms with Gasteiger partial charge in [-0.2, -0.15) is 0 Å². The SMILES string of the molecule is COc1ccc(-c2nnc(SCC(=O)OC(C)(C)C)o2)c(OC)c1. The zero-order chi connectivity index (χ0) is 17.7. The minimum Gasteiger partial charge on any atom is -0.497 e. The van der Waals surface area contributed by atoms with Crippen LogP contribution in [-0.4, -0.2) is 41.7 Å². The summed E-state index contributed by atoms with van der Waals surface area (Å²) < 4.78 is 21.3. The molecule has 0 aliphatic heterocycles. The lowest BCUT2D eigenvalue weighted by atomic mass is 10.2. The summed E-state index contributed by atoms with van der Waals surface area (Å²) >= 11 is 1.13. The Hall–Kier alpha value is -2.22. The van der Waals surface area contributed by atoms with Crippen molar-refractivity contribution in [2.24, 2.45) is 0 Å². The molecule has 130 valence electrons. The Labute approximate surface area is 144 Å². The molecule has 2 aromatic rings. The van der Waals surface area contributed by atoms with Crippen molar-refractivity contribution in [3.05, 3.63) is 18.2 Å². The van der Waals surface area contributed by atoms with E-state index in [1.807, 2.05) is 20.8 Å². The molecule has 24 heavy (non-hydrogen) atoms. The highest BCUT2D eigenvalue weighted by atomic mass is 32.2. The Morgan fingerprint density at radius 1 is 1.21 bits per heavy atom. The minimum atomic E-state index is -0.520. The fraction of sp³-hybridized carbons (Fsp3) is 0.438. The van der Waals surface area contributed by atoms with Crippen LogP contribution in [-0.2, 0) is 9.53 Å². The van der Waals surface area contributed by atoms with Crippen LogP contribution in [0.4, 0.5) is 0 Å². The van der Waals surface area contributed by atoms with Crippen LogP contribution in [0.2, 0.25) is 0 Å². The van der Waals surface area contributed by atoms with Crippen LogP contribution >= 0.6 is 11.8 Å². The maximum atomic E-state index is 11.7. The fourth-order valence-corrected chi connectivity index (χ4v) is 2.38. The van der Waals surface area contributed by atoms with Gasteiger partial charge in [0.15, 0.2) is 0 Å². The lowest BCUT2D eigenvalue weighted by molar-refractivity contribution is -0.151. The molecule has 0 aliphatic rings. The Morgan fingerprint density at radius 3 is 2.58 bits per heavy atom. The smallest absolute Gasteiger partial charge is 0.316 e. The summed E-state index contributed by atoms with van der Waals surface area (Å²) in [5.74, 6) is 1.28. The number of esters is 1. The van der Waals surface area contributed by atoms with E-state index in [0.29, 0.717) is 23.0 Å². The summed E-state index contributed by atoms with van der Waals surface area (Å²) in [6.07, 6.45) is 0. The van der Waals surface area contributed by atoms with Gasteiger partial charge in [-0.25, -0.2) is 0 Å². The van der Waals surface area contributed by atoms with Crippen molar-refractivity contribution >= 4 is 17.7 Å². The van der Waals surface area contributed by atoms with Gasteiger partial charge in [-0.3, -0.25) is 4.79 Å². The van der Waals surface area contributed by atoms with Crippen LogP contribution in [0, 0.1) is 0 Å². The van der Waals surface area contributed by atoms with Crippen molar-refractivity contribution in [2.45, 2.75) is 31.6 Å². The van der Waals surface area contributed by atoms with Crippen LogP contribution in [0.15, 0.2) is 27.8 Å². The zero-order valence-electron chi connectivity index (χ0n) is 14.3. The molecule has 8 heteroatoms. The summed E-state index contributed by atoms with van der Waals surface area (Å²) in [5, 5.41) is 8.21. The number of rotatable bonds is 6. The van der Waals surface area contributed by atoms with Crippen LogP contribution in [0.5, 0.6) is 11.5 Å². The van der Waals surface area contributed by atoms with Gasteiger partial charge >= 0.3 is 5.97 Å².